The first-order valence-corrected chi connectivity index (χ1v) is 9.45. The first-order chi connectivity index (χ1) is 11.7. The normalized spacial score (nSPS) is 27.8. The number of nitrogens with one attached hydrogen (secondary N) is 2. The van der Waals surface area contributed by atoms with Gasteiger partial charge in [-0.25, -0.2) is 0 Å². The monoisotopic (exact) mass is 329 g/mol. The summed E-state index contributed by atoms with van der Waals surface area (Å²) < 4.78 is 0. The number of carbonyl (C=O) groups excluding carboxylic acids is 1. The first kappa shape index (κ1) is 17.4. The maximum absolute atomic E-state index is 12.5. The molecule has 1 aliphatic carbocycles. The molecule has 0 aromatic heterocycles. The maximum atomic E-state index is 12.5. The minimum atomic E-state index is -0.0455. The third kappa shape index (κ3) is 3.98. The number of rotatable bonds is 7. The Bertz CT molecular complexity index is 533. The number of benzene rings is 1. The fourth-order valence-corrected chi connectivity index (χ4v) is 4.49. The molecule has 24 heavy (non-hydrogen) atoms. The summed E-state index contributed by atoms with van der Waals surface area (Å²) in [5, 5.41) is 6.50. The Labute approximate surface area is 146 Å². The number of likely N-dealkylation sites (tertiary alicyclic amines) is 1. The predicted octanol–water partition coefficient (Wildman–Crippen LogP) is 2.40. The van der Waals surface area contributed by atoms with Gasteiger partial charge in [0.1, 0.15) is 0 Å². The van der Waals surface area contributed by atoms with Crippen LogP contribution >= 0.6 is 0 Å². The van der Waals surface area contributed by atoms with Crippen molar-refractivity contribution in [3.63, 3.8) is 0 Å². The molecule has 2 fully saturated rings. The second kappa shape index (κ2) is 8.13. The van der Waals surface area contributed by atoms with Crippen LogP contribution in [0.25, 0.3) is 0 Å². The number of hydrogen-bond donors (Lipinski definition) is 2. The van der Waals surface area contributed by atoms with Crippen molar-refractivity contribution in [3.05, 3.63) is 35.9 Å². The number of amides is 1. The number of nitrogens with zero attached hydrogens (tertiary/aromatic N) is 1. The molecular formula is C20H31N3O. The van der Waals surface area contributed by atoms with Gasteiger partial charge in [-0.3, -0.25) is 9.69 Å². The van der Waals surface area contributed by atoms with E-state index in [0.29, 0.717) is 12.0 Å². The van der Waals surface area contributed by atoms with Crippen LogP contribution in [0.4, 0.5) is 0 Å². The van der Waals surface area contributed by atoms with Gasteiger partial charge < -0.3 is 10.6 Å². The van der Waals surface area contributed by atoms with Crippen molar-refractivity contribution in [2.75, 3.05) is 20.1 Å². The fourth-order valence-electron chi connectivity index (χ4n) is 4.49. The quantitative estimate of drug-likeness (QED) is 0.807. The molecule has 1 aromatic rings. The Morgan fingerprint density at radius 1 is 1.25 bits per heavy atom. The third-order valence-corrected chi connectivity index (χ3v) is 5.75. The Morgan fingerprint density at radius 3 is 2.75 bits per heavy atom. The summed E-state index contributed by atoms with van der Waals surface area (Å²) >= 11 is 0. The number of hydrogen-bond acceptors (Lipinski definition) is 3. The van der Waals surface area contributed by atoms with Gasteiger partial charge in [-0.2, -0.15) is 0 Å². The molecule has 1 heterocycles. The average molecular weight is 329 g/mol. The molecule has 4 atom stereocenters. The van der Waals surface area contributed by atoms with Gasteiger partial charge >= 0.3 is 0 Å². The summed E-state index contributed by atoms with van der Waals surface area (Å²) in [5.41, 5.74) is 1.39. The van der Waals surface area contributed by atoms with Crippen molar-refractivity contribution >= 4 is 5.91 Å². The van der Waals surface area contributed by atoms with E-state index in [1.165, 1.54) is 18.5 Å². The molecule has 1 saturated carbocycles. The van der Waals surface area contributed by atoms with Crippen molar-refractivity contribution in [2.45, 2.75) is 51.2 Å². The molecule has 0 radical (unpaired) electrons. The van der Waals surface area contributed by atoms with Gasteiger partial charge in [-0.05, 0) is 43.7 Å². The van der Waals surface area contributed by atoms with Crippen LogP contribution < -0.4 is 10.6 Å². The lowest BCUT2D eigenvalue weighted by Crippen LogP contribution is -2.48. The van der Waals surface area contributed by atoms with Crippen LogP contribution in [-0.2, 0) is 11.3 Å². The van der Waals surface area contributed by atoms with Crippen LogP contribution in [0, 0.1) is 11.8 Å². The standard InChI is InChI=1S/C20H31N3O/c1-3-7-19(21-2)20(24)22-18-11-10-16-13-23(14-17(16)18)12-15-8-5-4-6-9-15/h4-6,8-9,16-19,21H,3,7,10-14H2,1-2H3,(H,22,24)/t16-,17+,18-,19-/m0/s1. The second-order valence-corrected chi connectivity index (χ2v) is 7.43. The number of fused-ring (bicyclic) bond motifs is 1. The predicted molar refractivity (Wildman–Crippen MR) is 97.6 cm³/mol. The zero-order valence-electron chi connectivity index (χ0n) is 15.0. The van der Waals surface area contributed by atoms with E-state index in [9.17, 15) is 4.79 Å². The van der Waals surface area contributed by atoms with E-state index in [1.54, 1.807) is 0 Å². The van der Waals surface area contributed by atoms with Crippen LogP contribution in [0.5, 0.6) is 0 Å². The lowest BCUT2D eigenvalue weighted by molar-refractivity contribution is -0.124. The molecule has 132 valence electrons. The van der Waals surface area contributed by atoms with Gasteiger partial charge in [-0.15, -0.1) is 0 Å². The third-order valence-electron chi connectivity index (χ3n) is 5.75. The molecule has 2 N–H and O–H groups in total. The summed E-state index contributed by atoms with van der Waals surface area (Å²) in [6.07, 6.45) is 4.32. The lowest BCUT2D eigenvalue weighted by atomic mass is 9.97. The SMILES string of the molecule is CCC[C@H](NC)C(=O)N[C@H]1CC[C@H]2CN(Cc3ccccc3)C[C@H]21. The highest BCUT2D eigenvalue weighted by Gasteiger charge is 2.43. The van der Waals surface area contributed by atoms with Crippen LogP contribution in [-0.4, -0.2) is 43.0 Å². The van der Waals surface area contributed by atoms with Crippen molar-refractivity contribution in [1.82, 2.24) is 15.5 Å². The molecule has 3 rings (SSSR count). The van der Waals surface area contributed by atoms with Crippen molar-refractivity contribution in [2.24, 2.45) is 11.8 Å². The summed E-state index contributed by atoms with van der Waals surface area (Å²) in [4.78, 5) is 15.1. The minimum Gasteiger partial charge on any atom is -0.352 e. The van der Waals surface area contributed by atoms with E-state index in [0.717, 1.165) is 38.3 Å². The highest BCUT2D eigenvalue weighted by Crippen LogP contribution is 2.38. The van der Waals surface area contributed by atoms with Gasteiger partial charge in [0, 0.05) is 25.7 Å². The fraction of sp³-hybridized carbons (Fsp3) is 0.650. The van der Waals surface area contributed by atoms with E-state index in [2.05, 4.69) is 52.8 Å². The van der Waals surface area contributed by atoms with E-state index in [-0.39, 0.29) is 11.9 Å². The molecule has 1 aromatic carbocycles. The molecule has 1 saturated heterocycles. The zero-order valence-corrected chi connectivity index (χ0v) is 15.0. The van der Waals surface area contributed by atoms with Crippen LogP contribution in [0.2, 0.25) is 0 Å². The summed E-state index contributed by atoms with van der Waals surface area (Å²) in [7, 11) is 1.88. The Kier molecular flexibility index (Phi) is 5.90. The number of likely N-dealkylation sites (N-methyl/N-ethyl adjacent to an activating group) is 1. The van der Waals surface area contributed by atoms with Crippen molar-refractivity contribution in [3.8, 4) is 0 Å². The van der Waals surface area contributed by atoms with Gasteiger partial charge in [0.05, 0.1) is 6.04 Å². The van der Waals surface area contributed by atoms with Gasteiger partial charge in [0.15, 0.2) is 0 Å². The van der Waals surface area contributed by atoms with Crippen molar-refractivity contribution in [1.29, 1.82) is 0 Å². The van der Waals surface area contributed by atoms with Gasteiger partial charge in [0.2, 0.25) is 5.91 Å². The number of carbonyl (C=O) groups is 1. The van der Waals surface area contributed by atoms with E-state index >= 15 is 0 Å². The zero-order chi connectivity index (χ0) is 16.9. The lowest BCUT2D eigenvalue weighted by Gasteiger charge is -2.24. The smallest absolute Gasteiger partial charge is 0.237 e. The molecule has 4 nitrogen and oxygen atoms in total. The molecule has 0 unspecified atom stereocenters. The largest absolute Gasteiger partial charge is 0.352 e. The Hall–Kier alpha value is -1.39. The van der Waals surface area contributed by atoms with Crippen LogP contribution in [0.3, 0.4) is 0 Å². The van der Waals surface area contributed by atoms with Gasteiger partial charge in [0.25, 0.3) is 0 Å². The Morgan fingerprint density at radius 2 is 2.04 bits per heavy atom. The van der Waals surface area contributed by atoms with Crippen LogP contribution in [0.15, 0.2) is 30.3 Å². The molecule has 1 amide bonds. The van der Waals surface area contributed by atoms with Crippen LogP contribution in [0.1, 0.15) is 38.2 Å². The summed E-state index contributed by atoms with van der Waals surface area (Å²) in [6.45, 7) is 5.45. The highest BCUT2D eigenvalue weighted by molar-refractivity contribution is 5.82. The molecule has 4 heteroatoms. The topological polar surface area (TPSA) is 44.4 Å². The highest BCUT2D eigenvalue weighted by atomic mass is 16.2. The second-order valence-electron chi connectivity index (χ2n) is 7.43. The minimum absolute atomic E-state index is 0.0455. The molecular weight excluding hydrogens is 298 g/mol. The molecule has 0 bridgehead atoms. The molecule has 1 aliphatic heterocycles. The van der Waals surface area contributed by atoms with Gasteiger partial charge in [-0.1, -0.05) is 43.7 Å². The molecule has 2 aliphatic rings. The maximum Gasteiger partial charge on any atom is 0.237 e. The van der Waals surface area contributed by atoms with E-state index in [4.69, 9.17) is 0 Å². The average Bonchev–Trinajstić information content (AvgIpc) is 3.15. The summed E-state index contributed by atoms with van der Waals surface area (Å²) in [5.74, 6) is 1.56. The van der Waals surface area contributed by atoms with Crippen molar-refractivity contribution < 1.29 is 4.79 Å². The first-order valence-electron chi connectivity index (χ1n) is 9.45. The van der Waals surface area contributed by atoms with E-state index < -0.39 is 0 Å². The van der Waals surface area contributed by atoms with E-state index in [1.807, 2.05) is 7.05 Å². The Balaban J connectivity index is 1.54. The summed E-state index contributed by atoms with van der Waals surface area (Å²) in [6, 6.07) is 11.0. The molecule has 0 spiro atoms.